The highest BCUT2D eigenvalue weighted by molar-refractivity contribution is 8.00. The summed E-state index contributed by atoms with van der Waals surface area (Å²) in [5.41, 5.74) is -1.41. The molecule has 0 amide bonds. The lowest BCUT2D eigenvalue weighted by atomic mass is 9.71. The highest BCUT2D eigenvalue weighted by atomic mass is 32.2. The number of fused-ring (bicyclic) bond motifs is 3. The fraction of sp³-hybridized carbons (Fsp3) is 0.500. The van der Waals surface area contributed by atoms with E-state index in [0.29, 0.717) is 0 Å². The van der Waals surface area contributed by atoms with E-state index in [9.17, 15) is 13.2 Å². The van der Waals surface area contributed by atoms with Crippen molar-refractivity contribution in [2.24, 2.45) is 4.99 Å². The van der Waals surface area contributed by atoms with Crippen LogP contribution in [0.5, 0.6) is 0 Å². The molecule has 3 rings (SSSR count). The molecule has 2 aliphatic rings. The average molecular weight is 285 g/mol. The minimum absolute atomic E-state index is 0.0461. The van der Waals surface area contributed by atoms with Gasteiger partial charge in [0.25, 0.3) is 0 Å². The number of thioether (sulfide) groups is 1. The molecule has 1 aliphatic heterocycles. The van der Waals surface area contributed by atoms with Gasteiger partial charge in [-0.3, -0.25) is 4.99 Å². The van der Waals surface area contributed by atoms with Crippen LogP contribution in [0.3, 0.4) is 0 Å². The molecule has 0 bridgehead atoms. The second-order valence-electron chi connectivity index (χ2n) is 5.32. The van der Waals surface area contributed by atoms with Gasteiger partial charge in [0.05, 0.1) is 5.69 Å². The Kier molecular flexibility index (Phi) is 2.93. The van der Waals surface area contributed by atoms with Crippen molar-refractivity contribution in [2.45, 2.75) is 48.4 Å². The second-order valence-corrected chi connectivity index (χ2v) is 6.46. The molecule has 0 spiro atoms. The van der Waals surface area contributed by atoms with Crippen molar-refractivity contribution in [1.29, 1.82) is 0 Å². The molecule has 1 aromatic rings. The predicted octanol–water partition coefficient (Wildman–Crippen LogP) is 5.22. The molecule has 1 atom stereocenters. The maximum absolute atomic E-state index is 12.5. The number of nitrogens with zero attached hydrogens (tertiary/aromatic N) is 1. The Morgan fingerprint density at radius 2 is 2.05 bits per heavy atom. The van der Waals surface area contributed by atoms with Crippen LogP contribution >= 0.6 is 11.8 Å². The Morgan fingerprint density at radius 3 is 2.79 bits per heavy atom. The van der Waals surface area contributed by atoms with Crippen molar-refractivity contribution >= 4 is 23.2 Å². The summed E-state index contributed by atoms with van der Waals surface area (Å²) in [7, 11) is 0. The van der Waals surface area contributed by atoms with Gasteiger partial charge in [0.2, 0.25) is 0 Å². The summed E-state index contributed by atoms with van der Waals surface area (Å²) in [5, 5.41) is 0. The number of alkyl halides is 3. The normalized spacial score (nSPS) is 25.8. The van der Waals surface area contributed by atoms with Crippen LogP contribution in [0, 0.1) is 0 Å². The third-order valence-corrected chi connectivity index (χ3v) is 4.75. The van der Waals surface area contributed by atoms with Crippen LogP contribution in [0.2, 0.25) is 0 Å². The van der Waals surface area contributed by atoms with E-state index in [-0.39, 0.29) is 22.1 Å². The monoisotopic (exact) mass is 285 g/mol. The molecule has 1 aromatic carbocycles. The van der Waals surface area contributed by atoms with Crippen LogP contribution in [0.25, 0.3) is 0 Å². The Balaban J connectivity index is 1.98. The van der Waals surface area contributed by atoms with E-state index >= 15 is 0 Å². The Hall–Kier alpha value is -0.970. The van der Waals surface area contributed by atoms with Gasteiger partial charge in [-0.1, -0.05) is 13.3 Å². The molecule has 1 saturated carbocycles. The summed E-state index contributed by atoms with van der Waals surface area (Å²) < 4.78 is 37.4. The first-order valence-corrected chi connectivity index (χ1v) is 7.18. The fourth-order valence-electron chi connectivity index (χ4n) is 3.06. The van der Waals surface area contributed by atoms with Crippen LogP contribution in [-0.2, 0) is 5.41 Å². The molecule has 0 aromatic heterocycles. The summed E-state index contributed by atoms with van der Waals surface area (Å²) in [6.07, 6.45) is 4.20. The minimum atomic E-state index is -4.23. The maximum atomic E-state index is 12.5. The largest absolute Gasteiger partial charge is 0.446 e. The van der Waals surface area contributed by atoms with E-state index in [1.54, 1.807) is 12.1 Å². The van der Waals surface area contributed by atoms with Crippen molar-refractivity contribution in [2.75, 3.05) is 0 Å². The first-order chi connectivity index (χ1) is 8.88. The number of aliphatic imine (C=N–C) groups is 1. The van der Waals surface area contributed by atoms with Gasteiger partial charge >= 0.3 is 5.51 Å². The van der Waals surface area contributed by atoms with Gasteiger partial charge in [0.1, 0.15) is 0 Å². The van der Waals surface area contributed by atoms with Gasteiger partial charge in [-0.25, -0.2) is 0 Å². The van der Waals surface area contributed by atoms with E-state index in [1.807, 2.05) is 0 Å². The van der Waals surface area contributed by atoms with Crippen LogP contribution in [0.4, 0.5) is 18.9 Å². The summed E-state index contributed by atoms with van der Waals surface area (Å²) in [6.45, 7) is 2.11. The summed E-state index contributed by atoms with van der Waals surface area (Å²) in [4.78, 5) is 4.87. The molecule has 1 heterocycles. The Bertz CT molecular complexity index is 550. The zero-order valence-corrected chi connectivity index (χ0v) is 11.4. The van der Waals surface area contributed by atoms with Crippen LogP contribution in [0.1, 0.15) is 38.2 Å². The van der Waals surface area contributed by atoms with E-state index in [4.69, 9.17) is 0 Å². The van der Waals surface area contributed by atoms with Crippen molar-refractivity contribution in [3.8, 4) is 0 Å². The molecule has 0 radical (unpaired) electrons. The quantitative estimate of drug-likeness (QED) is 0.645. The topological polar surface area (TPSA) is 12.4 Å². The van der Waals surface area contributed by atoms with Gasteiger partial charge in [-0.2, -0.15) is 13.2 Å². The molecular formula is C14H14F3NS. The van der Waals surface area contributed by atoms with Crippen molar-refractivity contribution in [1.82, 2.24) is 0 Å². The maximum Gasteiger partial charge on any atom is 0.446 e. The molecule has 1 unspecified atom stereocenters. The molecule has 102 valence electrons. The minimum Gasteiger partial charge on any atom is -0.257 e. The van der Waals surface area contributed by atoms with Crippen LogP contribution < -0.4 is 0 Å². The Morgan fingerprint density at radius 1 is 1.26 bits per heavy atom. The van der Waals surface area contributed by atoms with Gasteiger partial charge in [-0.05, 0) is 54.8 Å². The highest BCUT2D eigenvalue weighted by Gasteiger charge is 2.41. The predicted molar refractivity (Wildman–Crippen MR) is 71.3 cm³/mol. The zero-order chi connectivity index (χ0) is 13.7. The number of benzene rings is 1. The third-order valence-electron chi connectivity index (χ3n) is 4.03. The molecule has 0 saturated heterocycles. The smallest absolute Gasteiger partial charge is 0.257 e. The van der Waals surface area contributed by atoms with Crippen molar-refractivity contribution < 1.29 is 13.2 Å². The molecule has 0 N–H and O–H groups in total. The molecule has 1 nitrogen and oxygen atoms in total. The van der Waals surface area contributed by atoms with E-state index < -0.39 is 5.51 Å². The fourth-order valence-corrected chi connectivity index (χ4v) is 3.64. The summed E-state index contributed by atoms with van der Waals surface area (Å²) in [6, 6.07) is 4.91. The number of halogens is 3. The third kappa shape index (κ3) is 2.29. The number of hydrogen-bond donors (Lipinski definition) is 0. The average Bonchev–Trinajstić information content (AvgIpc) is 2.60. The lowest BCUT2D eigenvalue weighted by Gasteiger charge is -2.32. The first-order valence-electron chi connectivity index (χ1n) is 6.37. The lowest BCUT2D eigenvalue weighted by molar-refractivity contribution is -0.0328. The standard InChI is InChI=1S/C14H14F3NS/c1-13-7-3-2-4-12(13)18-11-6-5-9(8-10(11)13)19-14(15,16)17/h5-6,8H,2-4,7H2,1H3. The molecular weight excluding hydrogens is 271 g/mol. The van der Waals surface area contributed by atoms with Crippen molar-refractivity contribution in [3.05, 3.63) is 23.8 Å². The van der Waals surface area contributed by atoms with E-state index in [2.05, 4.69) is 11.9 Å². The first kappa shape index (κ1) is 13.0. The number of hydrogen-bond acceptors (Lipinski definition) is 2. The summed E-state index contributed by atoms with van der Waals surface area (Å²) in [5.74, 6) is 0. The molecule has 5 heteroatoms. The second kappa shape index (κ2) is 4.27. The summed E-state index contributed by atoms with van der Waals surface area (Å²) >= 11 is -0.0461. The van der Waals surface area contributed by atoms with Crippen molar-refractivity contribution in [3.63, 3.8) is 0 Å². The Labute approximate surface area is 114 Å². The molecule has 1 aliphatic carbocycles. The number of rotatable bonds is 1. The van der Waals surface area contributed by atoms with Gasteiger partial charge < -0.3 is 0 Å². The molecule has 1 fully saturated rings. The molecule has 19 heavy (non-hydrogen) atoms. The lowest BCUT2D eigenvalue weighted by Crippen LogP contribution is -2.32. The zero-order valence-electron chi connectivity index (χ0n) is 10.5. The van der Waals surface area contributed by atoms with E-state index in [1.165, 1.54) is 6.07 Å². The van der Waals surface area contributed by atoms with Gasteiger partial charge in [0, 0.05) is 16.0 Å². The highest BCUT2D eigenvalue weighted by Crippen LogP contribution is 2.49. The van der Waals surface area contributed by atoms with Crippen LogP contribution in [0.15, 0.2) is 28.1 Å². The van der Waals surface area contributed by atoms with E-state index in [0.717, 1.165) is 42.6 Å². The SMILES string of the molecule is CC12CCCCC1=Nc1ccc(SC(F)(F)F)cc12. The van der Waals surface area contributed by atoms with Crippen LogP contribution in [-0.4, -0.2) is 11.2 Å². The van der Waals surface area contributed by atoms with Gasteiger partial charge in [0.15, 0.2) is 0 Å². The van der Waals surface area contributed by atoms with Gasteiger partial charge in [-0.15, -0.1) is 0 Å².